The Bertz CT molecular complexity index is 350. The fourth-order valence-corrected chi connectivity index (χ4v) is 2.52. The van der Waals surface area contributed by atoms with Crippen molar-refractivity contribution in [3.05, 3.63) is 16.6 Å². The van der Waals surface area contributed by atoms with Crippen molar-refractivity contribution >= 4 is 17.2 Å². The van der Waals surface area contributed by atoms with Gasteiger partial charge in [-0.05, 0) is 6.42 Å². The summed E-state index contributed by atoms with van der Waals surface area (Å²) in [5, 5.41) is 8.99. The van der Waals surface area contributed by atoms with Crippen LogP contribution in [-0.4, -0.2) is 36.7 Å². The smallest absolute Gasteiger partial charge is 0.251 e. The highest BCUT2D eigenvalue weighted by Gasteiger charge is 2.24. The number of ether oxygens (including phenoxy) is 1. The van der Waals surface area contributed by atoms with Gasteiger partial charge in [-0.15, -0.1) is 11.3 Å². The van der Waals surface area contributed by atoms with Crippen molar-refractivity contribution in [2.75, 3.05) is 19.7 Å². The molecule has 1 saturated heterocycles. The Morgan fingerprint density at radius 3 is 3.29 bits per heavy atom. The van der Waals surface area contributed by atoms with Gasteiger partial charge < -0.3 is 15.4 Å². The number of nitrogens with one attached hydrogen (secondary N) is 2. The first-order chi connectivity index (χ1) is 8.31. The summed E-state index contributed by atoms with van der Waals surface area (Å²) >= 11 is 1.56. The first-order valence-corrected chi connectivity index (χ1v) is 6.71. The summed E-state index contributed by atoms with van der Waals surface area (Å²) in [6.45, 7) is 4.02. The van der Waals surface area contributed by atoms with Gasteiger partial charge in [0.05, 0.1) is 12.6 Å². The number of amides is 1. The van der Waals surface area contributed by atoms with Gasteiger partial charge in [-0.3, -0.25) is 4.79 Å². The molecule has 2 heterocycles. The van der Waals surface area contributed by atoms with Crippen LogP contribution in [0.15, 0.2) is 11.6 Å². The number of hydrogen-bond donors (Lipinski definition) is 2. The lowest BCUT2D eigenvalue weighted by atomic mass is 10.2. The van der Waals surface area contributed by atoms with Gasteiger partial charge in [0.25, 0.3) is 5.91 Å². The maximum atomic E-state index is 12.0. The number of hydrogen-bond acceptors (Lipinski definition) is 5. The Hall–Kier alpha value is -0.980. The molecule has 2 N–H and O–H groups in total. The van der Waals surface area contributed by atoms with E-state index in [-0.39, 0.29) is 18.1 Å². The molecule has 0 aromatic carbocycles. The van der Waals surface area contributed by atoms with Crippen molar-refractivity contribution < 1.29 is 9.53 Å². The highest BCUT2D eigenvalue weighted by molar-refractivity contribution is 7.09. The molecule has 94 valence electrons. The van der Waals surface area contributed by atoms with Crippen molar-refractivity contribution in [1.82, 2.24) is 15.6 Å². The van der Waals surface area contributed by atoms with Gasteiger partial charge in [0.2, 0.25) is 0 Å². The van der Waals surface area contributed by atoms with E-state index >= 15 is 0 Å². The van der Waals surface area contributed by atoms with Gasteiger partial charge >= 0.3 is 0 Å². The van der Waals surface area contributed by atoms with Crippen molar-refractivity contribution in [2.45, 2.75) is 25.5 Å². The van der Waals surface area contributed by atoms with Crippen LogP contribution in [0.25, 0.3) is 0 Å². The van der Waals surface area contributed by atoms with Gasteiger partial charge in [-0.1, -0.05) is 6.92 Å². The van der Waals surface area contributed by atoms with Crippen molar-refractivity contribution in [1.29, 1.82) is 0 Å². The summed E-state index contributed by atoms with van der Waals surface area (Å²) in [7, 11) is 0. The number of carbonyl (C=O) groups excluding carboxylic acids is 1. The molecule has 1 aliphatic heterocycles. The molecule has 1 fully saturated rings. The van der Waals surface area contributed by atoms with Crippen LogP contribution in [0, 0.1) is 0 Å². The van der Waals surface area contributed by atoms with Crippen LogP contribution >= 0.6 is 11.3 Å². The van der Waals surface area contributed by atoms with Gasteiger partial charge in [0.15, 0.2) is 0 Å². The van der Waals surface area contributed by atoms with E-state index in [2.05, 4.69) is 15.6 Å². The van der Waals surface area contributed by atoms with Gasteiger partial charge in [0, 0.05) is 24.7 Å². The minimum Gasteiger partial charge on any atom is -0.366 e. The molecule has 0 bridgehead atoms. The molecule has 5 nitrogen and oxygen atoms in total. The van der Waals surface area contributed by atoms with Crippen molar-refractivity contribution in [3.63, 3.8) is 0 Å². The number of carbonyl (C=O) groups is 1. The molecule has 1 aromatic rings. The molecular formula is C11H17N3O2S. The number of morpholine rings is 1. The lowest BCUT2D eigenvalue weighted by molar-refractivity contribution is -0.135. The lowest BCUT2D eigenvalue weighted by Crippen LogP contribution is -2.48. The second kappa shape index (κ2) is 6.09. The lowest BCUT2D eigenvalue weighted by Gasteiger charge is -2.24. The highest BCUT2D eigenvalue weighted by Crippen LogP contribution is 2.18. The fourth-order valence-electron chi connectivity index (χ4n) is 1.74. The van der Waals surface area contributed by atoms with Crippen LogP contribution in [0.3, 0.4) is 0 Å². The van der Waals surface area contributed by atoms with E-state index in [1.807, 2.05) is 12.3 Å². The summed E-state index contributed by atoms with van der Waals surface area (Å²) < 4.78 is 5.41. The van der Waals surface area contributed by atoms with Crippen LogP contribution in [0.5, 0.6) is 0 Å². The zero-order valence-corrected chi connectivity index (χ0v) is 10.6. The number of nitrogens with zero attached hydrogens (tertiary/aromatic N) is 1. The number of aromatic nitrogens is 1. The molecule has 0 aliphatic carbocycles. The van der Waals surface area contributed by atoms with E-state index in [0.29, 0.717) is 13.2 Å². The van der Waals surface area contributed by atoms with Crippen LogP contribution in [0.2, 0.25) is 0 Å². The highest BCUT2D eigenvalue weighted by atomic mass is 32.1. The Kier molecular flexibility index (Phi) is 4.47. The van der Waals surface area contributed by atoms with E-state index < -0.39 is 0 Å². The zero-order valence-electron chi connectivity index (χ0n) is 9.81. The maximum Gasteiger partial charge on any atom is 0.251 e. The Labute approximate surface area is 105 Å². The predicted octanol–water partition coefficient (Wildman–Crippen LogP) is 0.699. The Balaban J connectivity index is 1.92. The van der Waals surface area contributed by atoms with Crippen LogP contribution in [0.4, 0.5) is 0 Å². The molecule has 1 amide bonds. The SMILES string of the molecule is CCC(NC(=O)C1CNCCO1)c1nccs1. The van der Waals surface area contributed by atoms with Gasteiger partial charge in [0.1, 0.15) is 11.1 Å². The molecule has 17 heavy (non-hydrogen) atoms. The molecule has 0 radical (unpaired) electrons. The number of thiazole rings is 1. The quantitative estimate of drug-likeness (QED) is 0.831. The third-order valence-electron chi connectivity index (χ3n) is 2.69. The maximum absolute atomic E-state index is 12.0. The molecule has 2 rings (SSSR count). The average Bonchev–Trinajstić information content (AvgIpc) is 2.90. The van der Waals surface area contributed by atoms with Crippen molar-refractivity contribution in [3.8, 4) is 0 Å². The number of rotatable bonds is 4. The normalized spacial score (nSPS) is 22.1. The van der Waals surface area contributed by atoms with Crippen LogP contribution in [0.1, 0.15) is 24.4 Å². The molecule has 2 atom stereocenters. The standard InChI is InChI=1S/C11H17N3O2S/c1-2-8(11-13-4-6-17-11)14-10(15)9-7-12-3-5-16-9/h4,6,8-9,12H,2-3,5,7H2,1H3,(H,14,15). The predicted molar refractivity (Wildman–Crippen MR) is 65.9 cm³/mol. The van der Waals surface area contributed by atoms with Gasteiger partial charge in [-0.2, -0.15) is 0 Å². The third-order valence-corrected chi connectivity index (χ3v) is 3.58. The zero-order chi connectivity index (χ0) is 12.1. The van der Waals surface area contributed by atoms with Crippen molar-refractivity contribution in [2.24, 2.45) is 0 Å². The second-order valence-corrected chi connectivity index (χ2v) is 4.83. The third kappa shape index (κ3) is 3.24. The minimum absolute atomic E-state index is 0.00646. The van der Waals surface area contributed by atoms with E-state index in [9.17, 15) is 4.79 Å². The average molecular weight is 255 g/mol. The summed E-state index contributed by atoms with van der Waals surface area (Å²) in [6, 6.07) is -0.00646. The van der Waals surface area contributed by atoms with Crippen LogP contribution in [-0.2, 0) is 9.53 Å². The summed E-state index contributed by atoms with van der Waals surface area (Å²) in [5.74, 6) is -0.0562. The first kappa shape index (κ1) is 12.5. The van der Waals surface area contributed by atoms with E-state index in [4.69, 9.17) is 4.74 Å². The second-order valence-electron chi connectivity index (χ2n) is 3.90. The monoisotopic (exact) mass is 255 g/mol. The largest absolute Gasteiger partial charge is 0.366 e. The van der Waals surface area contributed by atoms with Gasteiger partial charge in [-0.25, -0.2) is 4.98 Å². The summed E-state index contributed by atoms with van der Waals surface area (Å²) in [6.07, 6.45) is 2.21. The topological polar surface area (TPSA) is 63.2 Å². The molecule has 6 heteroatoms. The molecular weight excluding hydrogens is 238 g/mol. The summed E-state index contributed by atoms with van der Waals surface area (Å²) in [4.78, 5) is 16.2. The molecule has 1 aliphatic rings. The first-order valence-electron chi connectivity index (χ1n) is 5.83. The molecule has 1 aromatic heterocycles. The van der Waals surface area contributed by atoms with Crippen LogP contribution < -0.4 is 10.6 Å². The van der Waals surface area contributed by atoms with E-state index in [1.165, 1.54) is 0 Å². The molecule has 2 unspecified atom stereocenters. The van der Waals surface area contributed by atoms with E-state index in [1.54, 1.807) is 17.5 Å². The summed E-state index contributed by atoms with van der Waals surface area (Å²) in [5.41, 5.74) is 0. The van der Waals surface area contributed by atoms with E-state index in [0.717, 1.165) is 18.0 Å². The fraction of sp³-hybridized carbons (Fsp3) is 0.636. The minimum atomic E-state index is -0.377. The molecule has 0 saturated carbocycles. The molecule has 0 spiro atoms. The Morgan fingerprint density at radius 1 is 1.82 bits per heavy atom. The Morgan fingerprint density at radius 2 is 2.71 bits per heavy atom.